The number of aromatic amines is 1. The SMILES string of the molecule is O=C(Nc1ccc(F)cc1F)c1n[nH]c2c1COCC2. The Labute approximate surface area is 112 Å². The highest BCUT2D eigenvalue weighted by Gasteiger charge is 2.22. The van der Waals surface area contributed by atoms with E-state index in [0.717, 1.165) is 17.8 Å². The maximum absolute atomic E-state index is 13.5. The number of hydrogen-bond donors (Lipinski definition) is 2. The number of benzene rings is 1. The summed E-state index contributed by atoms with van der Waals surface area (Å²) >= 11 is 0. The third-order valence-corrected chi connectivity index (χ3v) is 3.09. The number of carbonyl (C=O) groups excluding carboxylic acids is 1. The van der Waals surface area contributed by atoms with E-state index >= 15 is 0 Å². The lowest BCUT2D eigenvalue weighted by atomic mass is 10.1. The fourth-order valence-corrected chi connectivity index (χ4v) is 2.07. The van der Waals surface area contributed by atoms with Gasteiger partial charge in [-0.1, -0.05) is 0 Å². The van der Waals surface area contributed by atoms with Gasteiger partial charge in [0.25, 0.3) is 5.91 Å². The molecule has 5 nitrogen and oxygen atoms in total. The van der Waals surface area contributed by atoms with Crippen molar-refractivity contribution in [1.29, 1.82) is 0 Å². The number of carbonyl (C=O) groups is 1. The van der Waals surface area contributed by atoms with Gasteiger partial charge in [0, 0.05) is 23.7 Å². The molecule has 0 radical (unpaired) electrons. The normalized spacial score (nSPS) is 13.9. The van der Waals surface area contributed by atoms with Gasteiger partial charge in [-0.15, -0.1) is 0 Å². The predicted octanol–water partition coefficient (Wildman–Crippen LogP) is 2.01. The van der Waals surface area contributed by atoms with E-state index in [2.05, 4.69) is 15.5 Å². The lowest BCUT2D eigenvalue weighted by Crippen LogP contribution is -2.17. The van der Waals surface area contributed by atoms with Crippen molar-refractivity contribution < 1.29 is 18.3 Å². The summed E-state index contributed by atoms with van der Waals surface area (Å²) in [5.41, 5.74) is 1.60. The largest absolute Gasteiger partial charge is 0.376 e. The summed E-state index contributed by atoms with van der Waals surface area (Å²) in [4.78, 5) is 12.1. The molecule has 1 aromatic heterocycles. The minimum absolute atomic E-state index is 0.0927. The highest BCUT2D eigenvalue weighted by atomic mass is 19.1. The van der Waals surface area contributed by atoms with E-state index in [-0.39, 0.29) is 11.4 Å². The Balaban J connectivity index is 1.84. The van der Waals surface area contributed by atoms with Crippen molar-refractivity contribution in [3.05, 3.63) is 46.8 Å². The average molecular weight is 279 g/mol. The number of nitrogens with zero attached hydrogens (tertiary/aromatic N) is 1. The molecule has 104 valence electrons. The molecular formula is C13H11F2N3O2. The molecule has 0 saturated heterocycles. The summed E-state index contributed by atoms with van der Waals surface area (Å²) in [7, 11) is 0. The Kier molecular flexibility index (Phi) is 3.19. The molecule has 2 heterocycles. The number of rotatable bonds is 2. The van der Waals surface area contributed by atoms with Gasteiger partial charge in [-0.05, 0) is 12.1 Å². The summed E-state index contributed by atoms with van der Waals surface area (Å²) in [6.45, 7) is 0.864. The lowest BCUT2D eigenvalue weighted by Gasteiger charge is -2.12. The number of nitrogens with one attached hydrogen (secondary N) is 2. The zero-order chi connectivity index (χ0) is 14.1. The van der Waals surface area contributed by atoms with Crippen molar-refractivity contribution in [2.24, 2.45) is 0 Å². The summed E-state index contributed by atoms with van der Waals surface area (Å²) in [6, 6.07) is 2.94. The van der Waals surface area contributed by atoms with Crippen LogP contribution in [0.5, 0.6) is 0 Å². The molecule has 3 rings (SSSR count). The summed E-state index contributed by atoms with van der Waals surface area (Å²) < 4.78 is 31.6. The van der Waals surface area contributed by atoms with E-state index < -0.39 is 17.5 Å². The van der Waals surface area contributed by atoms with E-state index in [1.807, 2.05) is 0 Å². The lowest BCUT2D eigenvalue weighted by molar-refractivity contribution is 0.0984. The molecule has 0 fully saturated rings. The van der Waals surface area contributed by atoms with E-state index in [0.29, 0.717) is 31.3 Å². The van der Waals surface area contributed by atoms with Crippen LogP contribution in [0.15, 0.2) is 18.2 Å². The van der Waals surface area contributed by atoms with Crippen LogP contribution in [0.2, 0.25) is 0 Å². The van der Waals surface area contributed by atoms with Crippen molar-refractivity contribution >= 4 is 11.6 Å². The molecule has 0 spiro atoms. The number of aromatic nitrogens is 2. The van der Waals surface area contributed by atoms with E-state index in [4.69, 9.17) is 4.74 Å². The molecule has 7 heteroatoms. The fraction of sp³-hybridized carbons (Fsp3) is 0.231. The molecule has 0 saturated carbocycles. The van der Waals surface area contributed by atoms with Gasteiger partial charge in [-0.25, -0.2) is 8.78 Å². The number of hydrogen-bond acceptors (Lipinski definition) is 3. The number of ether oxygens (including phenoxy) is 1. The van der Waals surface area contributed by atoms with Crippen LogP contribution in [0.1, 0.15) is 21.7 Å². The van der Waals surface area contributed by atoms with Crippen LogP contribution in [0.4, 0.5) is 14.5 Å². The van der Waals surface area contributed by atoms with E-state index in [1.54, 1.807) is 0 Å². The maximum Gasteiger partial charge on any atom is 0.276 e. The summed E-state index contributed by atoms with van der Waals surface area (Å²) in [5, 5.41) is 9.07. The van der Waals surface area contributed by atoms with E-state index in [9.17, 15) is 13.6 Å². The first-order valence-electron chi connectivity index (χ1n) is 6.05. The first-order chi connectivity index (χ1) is 9.65. The standard InChI is InChI=1S/C13H11F2N3O2/c14-7-1-2-11(9(15)5-7)16-13(19)12-8-6-20-4-3-10(8)17-18-12/h1-2,5H,3-4,6H2,(H,16,19)(H,17,18). The first kappa shape index (κ1) is 12.7. The molecule has 0 bridgehead atoms. The van der Waals surface area contributed by atoms with Crippen LogP contribution < -0.4 is 5.32 Å². The van der Waals surface area contributed by atoms with Crippen molar-refractivity contribution in [2.45, 2.75) is 13.0 Å². The van der Waals surface area contributed by atoms with Gasteiger partial charge in [0.15, 0.2) is 5.69 Å². The Hall–Kier alpha value is -2.28. The monoisotopic (exact) mass is 279 g/mol. The number of halogens is 2. The first-order valence-corrected chi connectivity index (χ1v) is 6.05. The third kappa shape index (κ3) is 2.27. The van der Waals surface area contributed by atoms with Crippen molar-refractivity contribution in [1.82, 2.24) is 10.2 Å². The number of fused-ring (bicyclic) bond motifs is 1. The molecular weight excluding hydrogens is 268 g/mol. The molecule has 20 heavy (non-hydrogen) atoms. The van der Waals surface area contributed by atoms with Crippen LogP contribution in [0, 0.1) is 11.6 Å². The average Bonchev–Trinajstić information content (AvgIpc) is 2.86. The van der Waals surface area contributed by atoms with Crippen LogP contribution in [0.3, 0.4) is 0 Å². The zero-order valence-corrected chi connectivity index (χ0v) is 10.4. The van der Waals surface area contributed by atoms with Crippen LogP contribution >= 0.6 is 0 Å². The minimum atomic E-state index is -0.834. The second-order valence-electron chi connectivity index (χ2n) is 4.41. The quantitative estimate of drug-likeness (QED) is 0.883. The van der Waals surface area contributed by atoms with Crippen molar-refractivity contribution in [2.75, 3.05) is 11.9 Å². The van der Waals surface area contributed by atoms with Gasteiger partial charge in [-0.2, -0.15) is 5.10 Å². The second-order valence-corrected chi connectivity index (χ2v) is 4.41. The molecule has 1 amide bonds. The topological polar surface area (TPSA) is 67.0 Å². The van der Waals surface area contributed by atoms with Crippen LogP contribution in [-0.4, -0.2) is 22.7 Å². The molecule has 1 aromatic carbocycles. The molecule has 0 aliphatic carbocycles. The van der Waals surface area contributed by atoms with Gasteiger partial charge in [0.1, 0.15) is 11.6 Å². The van der Waals surface area contributed by atoms with Gasteiger partial charge >= 0.3 is 0 Å². The summed E-state index contributed by atoms with van der Waals surface area (Å²) in [5.74, 6) is -2.09. The smallest absolute Gasteiger partial charge is 0.276 e. The molecule has 2 N–H and O–H groups in total. The van der Waals surface area contributed by atoms with Crippen LogP contribution in [-0.2, 0) is 17.8 Å². The highest BCUT2D eigenvalue weighted by Crippen LogP contribution is 2.20. The Morgan fingerprint density at radius 2 is 2.25 bits per heavy atom. The molecule has 1 aliphatic heterocycles. The van der Waals surface area contributed by atoms with Gasteiger partial charge in [-0.3, -0.25) is 9.89 Å². The summed E-state index contributed by atoms with van der Waals surface area (Å²) in [6.07, 6.45) is 0.653. The predicted molar refractivity (Wildman–Crippen MR) is 66.3 cm³/mol. The number of H-pyrrole nitrogens is 1. The zero-order valence-electron chi connectivity index (χ0n) is 10.4. The molecule has 0 atom stereocenters. The molecule has 0 unspecified atom stereocenters. The Bertz CT molecular complexity index is 670. The Morgan fingerprint density at radius 1 is 1.40 bits per heavy atom. The second kappa shape index (κ2) is 5.01. The number of amides is 1. The van der Waals surface area contributed by atoms with E-state index in [1.165, 1.54) is 0 Å². The molecule has 1 aliphatic rings. The third-order valence-electron chi connectivity index (χ3n) is 3.09. The van der Waals surface area contributed by atoms with Gasteiger partial charge in [0.2, 0.25) is 0 Å². The minimum Gasteiger partial charge on any atom is -0.376 e. The Morgan fingerprint density at radius 3 is 3.05 bits per heavy atom. The van der Waals surface area contributed by atoms with Crippen molar-refractivity contribution in [3.8, 4) is 0 Å². The van der Waals surface area contributed by atoms with Gasteiger partial charge in [0.05, 0.1) is 18.9 Å². The fourth-order valence-electron chi connectivity index (χ4n) is 2.07. The van der Waals surface area contributed by atoms with Gasteiger partial charge < -0.3 is 10.1 Å². The highest BCUT2D eigenvalue weighted by molar-refractivity contribution is 6.04. The van der Waals surface area contributed by atoms with Crippen molar-refractivity contribution in [3.63, 3.8) is 0 Å². The van der Waals surface area contributed by atoms with Crippen LogP contribution in [0.25, 0.3) is 0 Å². The maximum atomic E-state index is 13.5. The number of anilines is 1. The molecule has 2 aromatic rings.